The summed E-state index contributed by atoms with van der Waals surface area (Å²) in [6.45, 7) is 1.79. The molecule has 2 rings (SSSR count). The van der Waals surface area contributed by atoms with Crippen LogP contribution in [0.1, 0.15) is 11.4 Å². The molecule has 0 saturated carbocycles. The highest BCUT2D eigenvalue weighted by atomic mass is 16.5. The van der Waals surface area contributed by atoms with Crippen LogP contribution in [0.5, 0.6) is 11.5 Å². The predicted octanol–water partition coefficient (Wildman–Crippen LogP) is 2.20. The number of hydrogen-bond donors (Lipinski definition) is 1. The summed E-state index contributed by atoms with van der Waals surface area (Å²) in [4.78, 5) is 18.6. The van der Waals surface area contributed by atoms with Crippen LogP contribution in [0.4, 0.5) is 0 Å². The molecule has 0 atom stereocenters. The zero-order valence-corrected chi connectivity index (χ0v) is 9.83. The first-order chi connectivity index (χ1) is 8.63. The van der Waals surface area contributed by atoms with E-state index >= 15 is 0 Å². The second-order valence-corrected chi connectivity index (χ2v) is 3.79. The van der Waals surface area contributed by atoms with Gasteiger partial charge in [-0.05, 0) is 24.6 Å². The van der Waals surface area contributed by atoms with E-state index in [9.17, 15) is 4.79 Å². The average molecular weight is 244 g/mol. The van der Waals surface area contributed by atoms with Gasteiger partial charge in [0, 0.05) is 0 Å². The second kappa shape index (κ2) is 5.27. The number of hydrogen-bond acceptors (Lipinski definition) is 4. The summed E-state index contributed by atoms with van der Waals surface area (Å²) in [6, 6.07) is 6.94. The minimum absolute atomic E-state index is 0.0262. The van der Waals surface area contributed by atoms with Crippen LogP contribution in [0.25, 0.3) is 0 Å². The third kappa shape index (κ3) is 3.28. The lowest BCUT2D eigenvalue weighted by Gasteiger charge is -2.06. The van der Waals surface area contributed by atoms with E-state index in [4.69, 9.17) is 9.84 Å². The molecule has 5 heteroatoms. The van der Waals surface area contributed by atoms with E-state index in [-0.39, 0.29) is 6.42 Å². The fourth-order valence-electron chi connectivity index (χ4n) is 1.46. The lowest BCUT2D eigenvalue weighted by atomic mass is 10.1. The molecule has 0 saturated heterocycles. The number of nitrogens with zero attached hydrogens (tertiary/aromatic N) is 2. The first-order valence-corrected chi connectivity index (χ1v) is 5.41. The fourth-order valence-corrected chi connectivity index (χ4v) is 1.46. The van der Waals surface area contributed by atoms with E-state index in [0.717, 1.165) is 0 Å². The van der Waals surface area contributed by atoms with Crippen molar-refractivity contribution in [3.63, 3.8) is 0 Å². The number of carboxylic acids is 1. The Bertz CT molecular complexity index is 552. The van der Waals surface area contributed by atoms with Crippen molar-refractivity contribution in [2.24, 2.45) is 0 Å². The molecule has 0 aliphatic rings. The maximum Gasteiger partial charge on any atom is 0.307 e. The third-order valence-corrected chi connectivity index (χ3v) is 2.25. The Labute approximate surface area is 104 Å². The Balaban J connectivity index is 2.13. The van der Waals surface area contributed by atoms with Gasteiger partial charge >= 0.3 is 5.97 Å². The number of ether oxygens (including phenoxy) is 1. The molecule has 1 aromatic heterocycles. The number of aromatic nitrogens is 2. The van der Waals surface area contributed by atoms with Gasteiger partial charge in [0.2, 0.25) is 0 Å². The summed E-state index contributed by atoms with van der Waals surface area (Å²) >= 11 is 0. The average Bonchev–Trinajstić information content (AvgIpc) is 2.32. The van der Waals surface area contributed by atoms with Gasteiger partial charge in [-0.25, -0.2) is 9.97 Å². The van der Waals surface area contributed by atoms with Crippen molar-refractivity contribution in [2.75, 3.05) is 0 Å². The zero-order chi connectivity index (χ0) is 13.0. The van der Waals surface area contributed by atoms with E-state index in [2.05, 4.69) is 9.97 Å². The lowest BCUT2D eigenvalue weighted by Crippen LogP contribution is -1.99. The van der Waals surface area contributed by atoms with Gasteiger partial charge in [0.15, 0.2) is 5.75 Å². The van der Waals surface area contributed by atoms with E-state index in [1.54, 1.807) is 43.6 Å². The summed E-state index contributed by atoms with van der Waals surface area (Å²) in [5.74, 6) is 0.891. The number of carbonyl (C=O) groups is 1. The molecule has 0 spiro atoms. The van der Waals surface area contributed by atoms with Crippen LogP contribution < -0.4 is 4.74 Å². The van der Waals surface area contributed by atoms with Gasteiger partial charge in [-0.2, -0.15) is 0 Å². The lowest BCUT2D eigenvalue weighted by molar-refractivity contribution is -0.136. The summed E-state index contributed by atoms with van der Waals surface area (Å²) in [5, 5.41) is 8.72. The molecule has 0 unspecified atom stereocenters. The number of aliphatic carboxylic acids is 1. The molecular formula is C13H12N2O3. The molecule has 0 aliphatic carbocycles. The molecule has 1 heterocycles. The normalized spacial score (nSPS) is 10.1. The highest BCUT2D eigenvalue weighted by Crippen LogP contribution is 2.21. The molecule has 0 fully saturated rings. The highest BCUT2D eigenvalue weighted by molar-refractivity contribution is 5.70. The topological polar surface area (TPSA) is 72.3 Å². The Morgan fingerprint density at radius 2 is 2.00 bits per heavy atom. The Morgan fingerprint density at radius 3 is 2.67 bits per heavy atom. The number of aryl methyl sites for hydroxylation is 1. The second-order valence-electron chi connectivity index (χ2n) is 3.79. The van der Waals surface area contributed by atoms with Crippen molar-refractivity contribution in [3.8, 4) is 11.5 Å². The quantitative estimate of drug-likeness (QED) is 0.892. The molecule has 1 aromatic carbocycles. The molecule has 0 bridgehead atoms. The van der Waals surface area contributed by atoms with Crippen LogP contribution in [-0.2, 0) is 11.2 Å². The van der Waals surface area contributed by atoms with E-state index < -0.39 is 5.97 Å². The SMILES string of the molecule is Cc1ncc(Oc2cccc(CC(=O)O)c2)cn1. The molecule has 1 N–H and O–H groups in total. The van der Waals surface area contributed by atoms with Crippen molar-refractivity contribution in [2.45, 2.75) is 13.3 Å². The van der Waals surface area contributed by atoms with E-state index in [1.807, 2.05) is 0 Å². The maximum atomic E-state index is 10.6. The van der Waals surface area contributed by atoms with Crippen LogP contribution >= 0.6 is 0 Å². The van der Waals surface area contributed by atoms with Crippen LogP contribution in [0.15, 0.2) is 36.7 Å². The summed E-state index contributed by atoms with van der Waals surface area (Å²) in [7, 11) is 0. The summed E-state index contributed by atoms with van der Waals surface area (Å²) < 4.78 is 5.54. The van der Waals surface area contributed by atoms with Crippen LogP contribution in [0.3, 0.4) is 0 Å². The van der Waals surface area contributed by atoms with Gasteiger partial charge in [0.25, 0.3) is 0 Å². The molecular weight excluding hydrogens is 232 g/mol. The third-order valence-electron chi connectivity index (χ3n) is 2.25. The van der Waals surface area contributed by atoms with Crippen LogP contribution in [0.2, 0.25) is 0 Å². The van der Waals surface area contributed by atoms with Crippen molar-refractivity contribution < 1.29 is 14.6 Å². The number of rotatable bonds is 4. The van der Waals surface area contributed by atoms with Crippen molar-refractivity contribution >= 4 is 5.97 Å². The standard InChI is InChI=1S/C13H12N2O3/c1-9-14-7-12(8-15-9)18-11-4-2-3-10(5-11)6-13(16)17/h2-5,7-8H,6H2,1H3,(H,16,17). The van der Waals surface area contributed by atoms with Gasteiger partial charge < -0.3 is 9.84 Å². The first-order valence-electron chi connectivity index (χ1n) is 5.41. The van der Waals surface area contributed by atoms with Crippen LogP contribution in [0, 0.1) is 6.92 Å². The molecule has 18 heavy (non-hydrogen) atoms. The van der Waals surface area contributed by atoms with E-state index in [0.29, 0.717) is 22.9 Å². The Kier molecular flexibility index (Phi) is 3.52. The Morgan fingerprint density at radius 1 is 1.28 bits per heavy atom. The zero-order valence-electron chi connectivity index (χ0n) is 9.83. The van der Waals surface area contributed by atoms with Gasteiger partial charge in [-0.3, -0.25) is 4.79 Å². The predicted molar refractivity (Wildman–Crippen MR) is 64.6 cm³/mol. The molecule has 0 radical (unpaired) electrons. The molecule has 0 amide bonds. The smallest absolute Gasteiger partial charge is 0.307 e. The van der Waals surface area contributed by atoms with Gasteiger partial charge in [0.1, 0.15) is 11.6 Å². The highest BCUT2D eigenvalue weighted by Gasteiger charge is 2.03. The first kappa shape index (κ1) is 12.0. The van der Waals surface area contributed by atoms with Crippen molar-refractivity contribution in [3.05, 3.63) is 48.0 Å². The van der Waals surface area contributed by atoms with E-state index in [1.165, 1.54) is 0 Å². The Hall–Kier alpha value is -2.43. The largest absolute Gasteiger partial charge is 0.481 e. The minimum atomic E-state index is -0.870. The van der Waals surface area contributed by atoms with Crippen molar-refractivity contribution in [1.29, 1.82) is 0 Å². The number of carboxylic acid groups (broad SMARTS) is 1. The minimum Gasteiger partial charge on any atom is -0.481 e. The molecule has 0 aliphatic heterocycles. The van der Waals surface area contributed by atoms with Gasteiger partial charge in [-0.1, -0.05) is 12.1 Å². The maximum absolute atomic E-state index is 10.6. The fraction of sp³-hybridized carbons (Fsp3) is 0.154. The summed E-state index contributed by atoms with van der Waals surface area (Å²) in [6.07, 6.45) is 3.13. The summed E-state index contributed by atoms with van der Waals surface area (Å²) in [5.41, 5.74) is 0.688. The van der Waals surface area contributed by atoms with Crippen LogP contribution in [-0.4, -0.2) is 21.0 Å². The monoisotopic (exact) mass is 244 g/mol. The molecule has 2 aromatic rings. The van der Waals surface area contributed by atoms with Crippen molar-refractivity contribution in [1.82, 2.24) is 9.97 Å². The molecule has 5 nitrogen and oxygen atoms in total. The number of benzene rings is 1. The van der Waals surface area contributed by atoms with Gasteiger partial charge in [-0.15, -0.1) is 0 Å². The molecule has 92 valence electrons. The van der Waals surface area contributed by atoms with Gasteiger partial charge in [0.05, 0.1) is 18.8 Å².